The van der Waals surface area contributed by atoms with Crippen molar-refractivity contribution in [2.75, 3.05) is 5.32 Å². The van der Waals surface area contributed by atoms with E-state index in [-0.39, 0.29) is 11.7 Å². The smallest absolute Gasteiger partial charge is 0.291 e. The SMILES string of the molecule is NCc1cnc2nc(-c3cc(Cl)ccc3NC(=O)c3ccco3)[nH]c2c1. The number of carbonyl (C=O) groups excluding carboxylic acids is 1. The zero-order valence-electron chi connectivity index (χ0n) is 13.5. The van der Waals surface area contributed by atoms with Gasteiger partial charge in [-0.2, -0.15) is 0 Å². The number of H-pyrrole nitrogens is 1. The number of anilines is 1. The second kappa shape index (κ2) is 6.62. The van der Waals surface area contributed by atoms with Crippen LogP contribution in [0.4, 0.5) is 5.69 Å². The molecule has 0 radical (unpaired) electrons. The molecule has 0 atom stereocenters. The summed E-state index contributed by atoms with van der Waals surface area (Å²) >= 11 is 6.14. The second-order valence-corrected chi connectivity index (χ2v) is 6.06. The van der Waals surface area contributed by atoms with E-state index in [1.54, 1.807) is 36.5 Å². The van der Waals surface area contributed by atoms with Crippen LogP contribution in [-0.2, 0) is 6.54 Å². The second-order valence-electron chi connectivity index (χ2n) is 5.63. The highest BCUT2D eigenvalue weighted by atomic mass is 35.5. The maximum absolute atomic E-state index is 12.3. The third-order valence-electron chi connectivity index (χ3n) is 3.86. The molecule has 0 aliphatic rings. The maximum Gasteiger partial charge on any atom is 0.291 e. The van der Waals surface area contributed by atoms with Crippen molar-refractivity contribution in [3.8, 4) is 11.4 Å². The van der Waals surface area contributed by atoms with E-state index in [4.69, 9.17) is 21.8 Å². The highest BCUT2D eigenvalue weighted by Gasteiger charge is 2.16. The van der Waals surface area contributed by atoms with Crippen molar-refractivity contribution in [1.82, 2.24) is 15.0 Å². The van der Waals surface area contributed by atoms with Gasteiger partial charge in [-0.25, -0.2) is 9.97 Å². The zero-order valence-corrected chi connectivity index (χ0v) is 14.2. The van der Waals surface area contributed by atoms with Crippen molar-refractivity contribution in [1.29, 1.82) is 0 Å². The fraction of sp³-hybridized carbons (Fsp3) is 0.0556. The quantitative estimate of drug-likeness (QED) is 0.510. The molecule has 0 aliphatic carbocycles. The Morgan fingerprint density at radius 2 is 2.19 bits per heavy atom. The summed E-state index contributed by atoms with van der Waals surface area (Å²) in [4.78, 5) is 24.3. The normalized spacial score (nSPS) is 11.0. The third-order valence-corrected chi connectivity index (χ3v) is 4.09. The molecule has 0 fully saturated rings. The number of aromatic amines is 1. The minimum atomic E-state index is -0.363. The molecule has 130 valence electrons. The van der Waals surface area contributed by atoms with Crippen molar-refractivity contribution in [3.05, 3.63) is 65.2 Å². The Hall–Kier alpha value is -3.16. The highest BCUT2D eigenvalue weighted by molar-refractivity contribution is 6.31. The van der Waals surface area contributed by atoms with Gasteiger partial charge in [0, 0.05) is 23.3 Å². The minimum Gasteiger partial charge on any atom is -0.459 e. The Labute approximate surface area is 153 Å². The molecule has 3 aromatic heterocycles. The van der Waals surface area contributed by atoms with Crippen molar-refractivity contribution < 1.29 is 9.21 Å². The fourth-order valence-corrected chi connectivity index (χ4v) is 2.77. The van der Waals surface area contributed by atoms with E-state index in [9.17, 15) is 4.79 Å². The van der Waals surface area contributed by atoms with Crippen molar-refractivity contribution in [2.24, 2.45) is 5.73 Å². The Morgan fingerprint density at radius 3 is 2.96 bits per heavy atom. The third kappa shape index (κ3) is 3.05. The molecule has 4 rings (SSSR count). The average molecular weight is 368 g/mol. The van der Waals surface area contributed by atoms with Gasteiger partial charge in [0.1, 0.15) is 5.82 Å². The number of pyridine rings is 1. The number of fused-ring (bicyclic) bond motifs is 1. The predicted octanol–water partition coefficient (Wildman–Crippen LogP) is 3.58. The summed E-state index contributed by atoms with van der Waals surface area (Å²) in [5, 5.41) is 3.33. The van der Waals surface area contributed by atoms with E-state index >= 15 is 0 Å². The lowest BCUT2D eigenvalue weighted by atomic mass is 10.1. The number of nitrogens with one attached hydrogen (secondary N) is 2. The molecular weight excluding hydrogens is 354 g/mol. The van der Waals surface area contributed by atoms with Crippen molar-refractivity contribution in [3.63, 3.8) is 0 Å². The summed E-state index contributed by atoms with van der Waals surface area (Å²) in [5.41, 5.74) is 9.05. The van der Waals surface area contributed by atoms with Crippen LogP contribution >= 0.6 is 11.6 Å². The molecule has 0 bridgehead atoms. The minimum absolute atomic E-state index is 0.213. The summed E-state index contributed by atoms with van der Waals surface area (Å²) < 4.78 is 5.13. The van der Waals surface area contributed by atoms with Crippen molar-refractivity contribution >= 4 is 34.4 Å². The molecule has 0 unspecified atom stereocenters. The van der Waals surface area contributed by atoms with Gasteiger partial charge in [-0.05, 0) is 42.0 Å². The topological polar surface area (TPSA) is 110 Å². The van der Waals surface area contributed by atoms with Gasteiger partial charge in [0.25, 0.3) is 5.91 Å². The van der Waals surface area contributed by atoms with Gasteiger partial charge >= 0.3 is 0 Å². The largest absolute Gasteiger partial charge is 0.459 e. The Kier molecular flexibility index (Phi) is 4.16. The summed E-state index contributed by atoms with van der Waals surface area (Å²) in [6.07, 6.45) is 3.13. The lowest BCUT2D eigenvalue weighted by Crippen LogP contribution is -2.11. The van der Waals surface area contributed by atoms with Crippen molar-refractivity contribution in [2.45, 2.75) is 6.54 Å². The van der Waals surface area contributed by atoms with Gasteiger partial charge in [-0.1, -0.05) is 11.6 Å². The summed E-state index contributed by atoms with van der Waals surface area (Å²) in [6.45, 7) is 0.388. The van der Waals surface area contributed by atoms with Crippen LogP contribution in [0.1, 0.15) is 16.1 Å². The van der Waals surface area contributed by atoms with Gasteiger partial charge in [-0.15, -0.1) is 0 Å². The number of rotatable bonds is 4. The summed E-state index contributed by atoms with van der Waals surface area (Å²) in [6, 6.07) is 10.3. The van der Waals surface area contributed by atoms with Gasteiger partial charge in [0.05, 0.1) is 17.5 Å². The molecule has 7 nitrogen and oxygen atoms in total. The van der Waals surface area contributed by atoms with Crippen LogP contribution < -0.4 is 11.1 Å². The molecule has 8 heteroatoms. The number of imidazole rings is 1. The molecule has 1 amide bonds. The number of carbonyl (C=O) groups is 1. The number of amides is 1. The molecule has 1 aromatic carbocycles. The number of hydrogen-bond donors (Lipinski definition) is 3. The van der Waals surface area contributed by atoms with Gasteiger partial charge in [-0.3, -0.25) is 4.79 Å². The molecule has 4 aromatic rings. The van der Waals surface area contributed by atoms with E-state index in [0.29, 0.717) is 34.3 Å². The molecule has 0 saturated heterocycles. The number of nitrogens with two attached hydrogens (primary N) is 1. The molecular formula is C18H14ClN5O2. The maximum atomic E-state index is 12.3. The number of halogens is 1. The number of hydrogen-bond acceptors (Lipinski definition) is 5. The number of benzene rings is 1. The summed E-state index contributed by atoms with van der Waals surface area (Å²) in [7, 11) is 0. The van der Waals surface area contributed by atoms with Gasteiger partial charge < -0.3 is 20.5 Å². The van der Waals surface area contributed by atoms with E-state index in [1.165, 1.54) is 6.26 Å². The van der Waals surface area contributed by atoms with E-state index < -0.39 is 0 Å². The number of furan rings is 1. The lowest BCUT2D eigenvalue weighted by molar-refractivity contribution is 0.0996. The van der Waals surface area contributed by atoms with Gasteiger partial charge in [0.15, 0.2) is 11.4 Å². The molecule has 0 saturated carbocycles. The number of aromatic nitrogens is 3. The van der Waals surface area contributed by atoms with E-state index in [0.717, 1.165) is 11.1 Å². The molecule has 26 heavy (non-hydrogen) atoms. The zero-order chi connectivity index (χ0) is 18.1. The first-order chi connectivity index (χ1) is 12.6. The Balaban J connectivity index is 1.76. The van der Waals surface area contributed by atoms with Crippen LogP contribution in [0.3, 0.4) is 0 Å². The van der Waals surface area contributed by atoms with Crippen LogP contribution in [0.5, 0.6) is 0 Å². The molecule has 0 spiro atoms. The number of nitrogens with zero attached hydrogens (tertiary/aromatic N) is 2. The first-order valence-electron chi connectivity index (χ1n) is 7.83. The Bertz CT molecular complexity index is 1090. The average Bonchev–Trinajstić information content (AvgIpc) is 3.32. The van der Waals surface area contributed by atoms with Gasteiger partial charge in [0.2, 0.25) is 0 Å². The standard InChI is InChI=1S/C18H14ClN5O2/c19-11-3-4-13(23-18(25)15-2-1-5-26-15)12(7-11)16-22-14-6-10(8-20)9-21-17(14)24-16/h1-7,9H,8,20H2,(H,23,25)(H,21,22,24). The highest BCUT2D eigenvalue weighted by Crippen LogP contribution is 2.30. The summed E-state index contributed by atoms with van der Waals surface area (Å²) in [5.74, 6) is 0.391. The van der Waals surface area contributed by atoms with Crippen LogP contribution in [0.2, 0.25) is 5.02 Å². The van der Waals surface area contributed by atoms with Crippen LogP contribution in [0.15, 0.2) is 53.3 Å². The van der Waals surface area contributed by atoms with E-state index in [2.05, 4.69) is 20.3 Å². The molecule has 0 aliphatic heterocycles. The monoisotopic (exact) mass is 367 g/mol. The first-order valence-corrected chi connectivity index (χ1v) is 8.21. The van der Waals surface area contributed by atoms with Crippen LogP contribution in [0.25, 0.3) is 22.6 Å². The van der Waals surface area contributed by atoms with Crippen LogP contribution in [-0.4, -0.2) is 20.9 Å². The predicted molar refractivity (Wildman–Crippen MR) is 98.9 cm³/mol. The fourth-order valence-electron chi connectivity index (χ4n) is 2.60. The Morgan fingerprint density at radius 1 is 1.31 bits per heavy atom. The molecule has 3 heterocycles. The first kappa shape index (κ1) is 16.3. The molecule has 4 N–H and O–H groups in total. The van der Waals surface area contributed by atoms with Crippen LogP contribution in [0, 0.1) is 0 Å². The van der Waals surface area contributed by atoms with E-state index in [1.807, 2.05) is 6.07 Å². The lowest BCUT2D eigenvalue weighted by Gasteiger charge is -2.09.